The van der Waals surface area contributed by atoms with Gasteiger partial charge in [-0.3, -0.25) is 9.59 Å². The van der Waals surface area contributed by atoms with Gasteiger partial charge in [-0.1, -0.05) is 19.4 Å². The predicted molar refractivity (Wildman–Crippen MR) is 114 cm³/mol. The summed E-state index contributed by atoms with van der Waals surface area (Å²) in [6.45, 7) is 10.9. The number of aliphatic hydroxyl groups excluding tert-OH is 1. The van der Waals surface area contributed by atoms with E-state index in [1.165, 1.54) is 5.57 Å². The zero-order chi connectivity index (χ0) is 21.2. The molecule has 0 heterocycles. The van der Waals surface area contributed by atoms with Gasteiger partial charge in [0, 0.05) is 17.0 Å². The molecule has 0 bridgehead atoms. The van der Waals surface area contributed by atoms with Crippen molar-refractivity contribution in [1.82, 2.24) is 5.32 Å². The van der Waals surface area contributed by atoms with Crippen LogP contribution in [0.4, 0.5) is 0 Å². The van der Waals surface area contributed by atoms with E-state index in [-0.39, 0.29) is 34.0 Å². The highest BCUT2D eigenvalue weighted by molar-refractivity contribution is 6.05. The van der Waals surface area contributed by atoms with Crippen LogP contribution in [0.2, 0.25) is 0 Å². The standard InChI is InChI=1S/C25H37NO3/c1-23(2,3)26-22(29)20-9-8-18-17-7-6-16-12-21(28)15(14-27)13-25(16,5)19(17)10-11-24(18,20)4/h12,14,17-20,27H,6-11,13H2,1-5H3,(H,26,29)/b15-14-/t17?,18?,19?,20-,24+,25+/m1/s1. The maximum absolute atomic E-state index is 13.1. The Labute approximate surface area is 175 Å². The molecule has 160 valence electrons. The Balaban J connectivity index is 1.61. The molecule has 4 rings (SSSR count). The molecule has 0 aromatic heterocycles. The van der Waals surface area contributed by atoms with Crippen molar-refractivity contribution >= 4 is 11.7 Å². The zero-order valence-corrected chi connectivity index (χ0v) is 18.7. The Morgan fingerprint density at radius 1 is 1.17 bits per heavy atom. The molecule has 0 aliphatic heterocycles. The Morgan fingerprint density at radius 2 is 1.90 bits per heavy atom. The van der Waals surface area contributed by atoms with E-state index in [4.69, 9.17) is 0 Å². The van der Waals surface area contributed by atoms with E-state index in [1.54, 1.807) is 0 Å². The van der Waals surface area contributed by atoms with Crippen LogP contribution in [-0.2, 0) is 9.59 Å². The fraction of sp³-hybridized carbons (Fsp3) is 0.760. The van der Waals surface area contributed by atoms with Crippen LogP contribution in [0.5, 0.6) is 0 Å². The van der Waals surface area contributed by atoms with Crippen LogP contribution in [0.3, 0.4) is 0 Å². The summed E-state index contributed by atoms with van der Waals surface area (Å²) >= 11 is 0. The molecule has 0 aromatic rings. The van der Waals surface area contributed by atoms with Gasteiger partial charge >= 0.3 is 0 Å². The van der Waals surface area contributed by atoms with E-state index >= 15 is 0 Å². The van der Waals surface area contributed by atoms with Crippen molar-refractivity contribution in [3.63, 3.8) is 0 Å². The summed E-state index contributed by atoms with van der Waals surface area (Å²) in [6.07, 6.45) is 9.92. The van der Waals surface area contributed by atoms with Crippen LogP contribution in [-0.4, -0.2) is 22.3 Å². The van der Waals surface area contributed by atoms with Gasteiger partial charge in [0.05, 0.1) is 6.26 Å². The number of hydrogen-bond donors (Lipinski definition) is 2. The third kappa shape index (κ3) is 3.18. The van der Waals surface area contributed by atoms with Gasteiger partial charge in [0.2, 0.25) is 5.91 Å². The molecular weight excluding hydrogens is 362 g/mol. The molecule has 4 nitrogen and oxygen atoms in total. The van der Waals surface area contributed by atoms with Crippen molar-refractivity contribution in [1.29, 1.82) is 0 Å². The summed E-state index contributed by atoms with van der Waals surface area (Å²) in [5.41, 5.74) is 1.70. The van der Waals surface area contributed by atoms with Crippen LogP contribution in [0.25, 0.3) is 0 Å². The van der Waals surface area contributed by atoms with E-state index in [1.807, 2.05) is 6.08 Å². The Hall–Kier alpha value is -1.58. The average Bonchev–Trinajstić information content (AvgIpc) is 2.97. The predicted octanol–water partition coefficient (Wildman–Crippen LogP) is 5.10. The molecule has 4 heteroatoms. The van der Waals surface area contributed by atoms with E-state index < -0.39 is 0 Å². The van der Waals surface area contributed by atoms with Crippen LogP contribution in [0, 0.1) is 34.5 Å². The van der Waals surface area contributed by atoms with Crippen molar-refractivity contribution in [2.24, 2.45) is 34.5 Å². The summed E-state index contributed by atoms with van der Waals surface area (Å²) in [6, 6.07) is 0. The van der Waals surface area contributed by atoms with Gasteiger partial charge in [0.1, 0.15) is 0 Å². The molecule has 3 fully saturated rings. The van der Waals surface area contributed by atoms with Gasteiger partial charge in [-0.2, -0.15) is 0 Å². The van der Waals surface area contributed by atoms with Crippen LogP contribution < -0.4 is 5.32 Å². The van der Waals surface area contributed by atoms with Gasteiger partial charge in [0.15, 0.2) is 5.78 Å². The molecule has 0 spiro atoms. The molecule has 4 aliphatic carbocycles. The molecule has 1 amide bonds. The number of carbonyl (C=O) groups is 2. The highest BCUT2D eigenvalue weighted by Gasteiger charge is 2.60. The lowest BCUT2D eigenvalue weighted by Gasteiger charge is -2.58. The van der Waals surface area contributed by atoms with Gasteiger partial charge in [-0.25, -0.2) is 0 Å². The Kier molecular flexibility index (Phi) is 4.79. The number of rotatable bonds is 1. The third-order valence-corrected chi connectivity index (χ3v) is 8.89. The summed E-state index contributed by atoms with van der Waals surface area (Å²) < 4.78 is 0. The first-order chi connectivity index (χ1) is 13.5. The number of hydrogen-bond acceptors (Lipinski definition) is 3. The maximum Gasteiger partial charge on any atom is 0.224 e. The number of nitrogens with one attached hydrogen (secondary N) is 1. The highest BCUT2D eigenvalue weighted by atomic mass is 16.2. The molecule has 29 heavy (non-hydrogen) atoms. The molecule has 3 saturated carbocycles. The van der Waals surface area contributed by atoms with Crippen molar-refractivity contribution in [3.8, 4) is 0 Å². The van der Waals surface area contributed by atoms with Crippen LogP contribution >= 0.6 is 0 Å². The molecule has 3 unspecified atom stereocenters. The summed E-state index contributed by atoms with van der Waals surface area (Å²) in [5.74, 6) is 2.05. The summed E-state index contributed by atoms with van der Waals surface area (Å²) in [4.78, 5) is 25.4. The van der Waals surface area contributed by atoms with E-state index in [0.717, 1.165) is 44.8 Å². The quantitative estimate of drug-likeness (QED) is 0.476. The molecule has 0 saturated heterocycles. The number of amides is 1. The van der Waals surface area contributed by atoms with E-state index in [2.05, 4.69) is 39.9 Å². The van der Waals surface area contributed by atoms with Gasteiger partial charge < -0.3 is 10.4 Å². The molecular formula is C25H37NO3. The minimum Gasteiger partial charge on any atom is -0.515 e. The van der Waals surface area contributed by atoms with Gasteiger partial charge in [-0.15, -0.1) is 0 Å². The number of ketones is 1. The first kappa shape index (κ1) is 20.7. The van der Waals surface area contributed by atoms with Crippen molar-refractivity contribution in [3.05, 3.63) is 23.5 Å². The SMILES string of the molecule is CC(C)(C)NC(=O)[C@H]1CCC2C3CCC4=CC(=O)/C(=C\O)C[C@]4(C)C3CC[C@@]21C. The molecule has 0 radical (unpaired) electrons. The van der Waals surface area contributed by atoms with Crippen molar-refractivity contribution in [2.75, 3.05) is 0 Å². The lowest BCUT2D eigenvalue weighted by Crippen LogP contribution is -2.53. The molecule has 0 aromatic carbocycles. The second kappa shape index (κ2) is 6.72. The minimum absolute atomic E-state index is 0.0149. The number of aliphatic hydroxyl groups is 1. The van der Waals surface area contributed by atoms with E-state index in [0.29, 0.717) is 29.7 Å². The largest absolute Gasteiger partial charge is 0.515 e. The van der Waals surface area contributed by atoms with Gasteiger partial charge in [-0.05, 0) is 100 Å². The lowest BCUT2D eigenvalue weighted by atomic mass is 9.46. The normalized spacial score (nSPS) is 43.3. The fourth-order valence-corrected chi connectivity index (χ4v) is 7.54. The first-order valence-electron chi connectivity index (χ1n) is 11.4. The average molecular weight is 400 g/mol. The number of fused-ring (bicyclic) bond motifs is 5. The highest BCUT2D eigenvalue weighted by Crippen LogP contribution is 2.66. The second-order valence-electron chi connectivity index (χ2n) is 11.6. The molecule has 6 atom stereocenters. The first-order valence-corrected chi connectivity index (χ1v) is 11.4. The third-order valence-electron chi connectivity index (χ3n) is 8.89. The molecule has 4 aliphatic rings. The van der Waals surface area contributed by atoms with E-state index in [9.17, 15) is 14.7 Å². The Morgan fingerprint density at radius 3 is 2.55 bits per heavy atom. The fourth-order valence-electron chi connectivity index (χ4n) is 7.54. The number of carbonyl (C=O) groups excluding carboxylic acids is 2. The van der Waals surface area contributed by atoms with Crippen molar-refractivity contribution in [2.45, 2.75) is 85.1 Å². The smallest absolute Gasteiger partial charge is 0.224 e. The van der Waals surface area contributed by atoms with Crippen molar-refractivity contribution < 1.29 is 14.7 Å². The monoisotopic (exact) mass is 399 g/mol. The summed E-state index contributed by atoms with van der Waals surface area (Å²) in [7, 11) is 0. The Bertz CT molecular complexity index is 788. The van der Waals surface area contributed by atoms with Crippen LogP contribution in [0.15, 0.2) is 23.5 Å². The second-order valence-corrected chi connectivity index (χ2v) is 11.6. The van der Waals surface area contributed by atoms with Gasteiger partial charge in [0.25, 0.3) is 0 Å². The lowest BCUT2D eigenvalue weighted by molar-refractivity contribution is -0.133. The molecule has 2 N–H and O–H groups in total. The zero-order valence-electron chi connectivity index (χ0n) is 18.7. The summed E-state index contributed by atoms with van der Waals surface area (Å²) in [5, 5.41) is 12.8. The maximum atomic E-state index is 13.1. The minimum atomic E-state index is -0.192. The topological polar surface area (TPSA) is 66.4 Å². The van der Waals surface area contributed by atoms with Crippen LogP contribution in [0.1, 0.15) is 79.6 Å². The number of allylic oxidation sites excluding steroid dienone is 2.